The second-order valence-electron chi connectivity index (χ2n) is 4.15. The van der Waals surface area contributed by atoms with Gasteiger partial charge in [-0.1, -0.05) is 17.7 Å². The van der Waals surface area contributed by atoms with E-state index >= 15 is 0 Å². The minimum atomic E-state index is -3.91. The second-order valence-corrected chi connectivity index (χ2v) is 5.83. The molecule has 0 heterocycles. The maximum atomic E-state index is 11.9. The summed E-state index contributed by atoms with van der Waals surface area (Å²) in [4.78, 5) is 11.5. The highest BCUT2D eigenvalue weighted by molar-refractivity contribution is 7.90. The Morgan fingerprint density at radius 1 is 1.35 bits per heavy atom. The fraction of sp³-hybridized carbons (Fsp3) is 0.286. The third-order valence-electron chi connectivity index (χ3n) is 2.34. The van der Waals surface area contributed by atoms with Crippen molar-refractivity contribution in [1.29, 1.82) is 0 Å². The lowest BCUT2D eigenvalue weighted by Gasteiger charge is -2.10. The molecule has 0 radical (unpaired) electrons. The molecule has 108 valence electrons. The number of ether oxygens (including phenoxy) is 1. The molecule has 6 heteroatoms. The van der Waals surface area contributed by atoms with Crippen molar-refractivity contribution in [3.05, 3.63) is 47.7 Å². The predicted molar refractivity (Wildman–Crippen MR) is 75.8 cm³/mol. The van der Waals surface area contributed by atoms with Gasteiger partial charge in [-0.25, -0.2) is 17.9 Å². The average Bonchev–Trinajstić information content (AvgIpc) is 2.36. The van der Waals surface area contributed by atoms with Crippen LogP contribution >= 0.6 is 0 Å². The van der Waals surface area contributed by atoms with Crippen LogP contribution in [-0.4, -0.2) is 20.6 Å². The predicted octanol–water partition coefficient (Wildman–Crippen LogP) is 2.53. The van der Waals surface area contributed by atoms with Gasteiger partial charge in [-0.2, -0.15) is 0 Å². The van der Waals surface area contributed by atoms with Gasteiger partial charge in [0.25, 0.3) is 10.0 Å². The number of sulfonamides is 1. The van der Waals surface area contributed by atoms with Gasteiger partial charge in [0.2, 0.25) is 0 Å². The summed E-state index contributed by atoms with van der Waals surface area (Å²) < 4.78 is 30.5. The lowest BCUT2D eigenvalue weighted by molar-refractivity contribution is 0.133. The third-order valence-corrected chi connectivity index (χ3v) is 3.67. The highest BCUT2D eigenvalue weighted by Crippen LogP contribution is 2.10. The lowest BCUT2D eigenvalue weighted by atomic mass is 10.2. The van der Waals surface area contributed by atoms with Crippen LogP contribution in [0.15, 0.2) is 47.0 Å². The van der Waals surface area contributed by atoms with Gasteiger partial charge in [0.1, 0.15) is 6.10 Å². The molecule has 0 bridgehead atoms. The van der Waals surface area contributed by atoms with Crippen LogP contribution < -0.4 is 4.72 Å². The van der Waals surface area contributed by atoms with Crippen LogP contribution in [0.5, 0.6) is 0 Å². The second kappa shape index (κ2) is 6.93. The first-order chi connectivity index (χ1) is 9.35. The topological polar surface area (TPSA) is 72.5 Å². The molecule has 1 amide bonds. The van der Waals surface area contributed by atoms with Crippen LogP contribution in [-0.2, 0) is 14.8 Å². The van der Waals surface area contributed by atoms with E-state index in [0.717, 1.165) is 5.56 Å². The summed E-state index contributed by atoms with van der Waals surface area (Å²) in [5.74, 6) is 0. The molecule has 20 heavy (non-hydrogen) atoms. The highest BCUT2D eigenvalue weighted by atomic mass is 32.2. The molecular formula is C14H17NO4S. The zero-order valence-electron chi connectivity index (χ0n) is 11.6. The number of benzene rings is 1. The summed E-state index contributed by atoms with van der Waals surface area (Å²) in [6, 6.07) is 6.15. The molecule has 0 aliphatic heterocycles. The standard InChI is InChI=1S/C14H17NO4S/c1-4-5-6-12(3)19-14(16)15-20(17,18)13-9-7-11(2)8-10-13/h4,6-10,12H,1-3H3,(H,15,16). The van der Waals surface area contributed by atoms with Gasteiger partial charge in [-0.15, -0.1) is 5.73 Å². The Labute approximate surface area is 119 Å². The number of hydrogen-bond acceptors (Lipinski definition) is 4. The maximum absolute atomic E-state index is 11.9. The SMILES string of the molecule is CC=C=CC(C)OC(=O)NS(=O)(=O)c1ccc(C)cc1. The summed E-state index contributed by atoms with van der Waals surface area (Å²) in [6.45, 7) is 5.22. The van der Waals surface area contributed by atoms with E-state index in [1.54, 1.807) is 32.1 Å². The van der Waals surface area contributed by atoms with Crippen molar-refractivity contribution in [2.24, 2.45) is 0 Å². The van der Waals surface area contributed by atoms with E-state index < -0.39 is 22.2 Å². The van der Waals surface area contributed by atoms with Gasteiger partial charge in [0, 0.05) is 0 Å². The van der Waals surface area contributed by atoms with Crippen molar-refractivity contribution in [2.75, 3.05) is 0 Å². The van der Waals surface area contributed by atoms with E-state index in [0.29, 0.717) is 0 Å². The molecule has 0 aromatic heterocycles. The number of amides is 1. The van der Waals surface area contributed by atoms with Gasteiger partial charge in [-0.05, 0) is 45.1 Å². The van der Waals surface area contributed by atoms with E-state index in [4.69, 9.17) is 4.74 Å². The number of nitrogens with one attached hydrogen (secondary N) is 1. The minimum absolute atomic E-state index is 0.0108. The van der Waals surface area contributed by atoms with Gasteiger partial charge in [0.15, 0.2) is 0 Å². The van der Waals surface area contributed by atoms with Crippen molar-refractivity contribution in [1.82, 2.24) is 4.72 Å². The molecule has 0 saturated carbocycles. The Balaban J connectivity index is 2.74. The van der Waals surface area contributed by atoms with Crippen LogP contribution in [0.1, 0.15) is 19.4 Å². The molecule has 1 N–H and O–H groups in total. The molecule has 1 aromatic carbocycles. The average molecular weight is 295 g/mol. The molecule has 1 atom stereocenters. The molecule has 0 saturated heterocycles. The van der Waals surface area contributed by atoms with Gasteiger partial charge < -0.3 is 4.74 Å². The molecular weight excluding hydrogens is 278 g/mol. The van der Waals surface area contributed by atoms with E-state index in [1.807, 2.05) is 11.6 Å². The van der Waals surface area contributed by atoms with Crippen LogP contribution in [0.3, 0.4) is 0 Å². The van der Waals surface area contributed by atoms with Gasteiger partial charge in [-0.3, -0.25) is 0 Å². The summed E-state index contributed by atoms with van der Waals surface area (Å²) in [5.41, 5.74) is 3.68. The molecule has 0 aliphatic rings. The largest absolute Gasteiger partial charge is 0.441 e. The van der Waals surface area contributed by atoms with Crippen molar-refractivity contribution in [2.45, 2.75) is 31.8 Å². The molecule has 0 fully saturated rings. The quantitative estimate of drug-likeness (QED) is 0.866. The molecule has 5 nitrogen and oxygen atoms in total. The summed E-state index contributed by atoms with van der Waals surface area (Å²) >= 11 is 0. The van der Waals surface area contributed by atoms with Crippen LogP contribution in [0.25, 0.3) is 0 Å². The third kappa shape index (κ3) is 4.91. The Morgan fingerprint density at radius 3 is 2.50 bits per heavy atom. The first kappa shape index (κ1) is 16.0. The Bertz CT molecular complexity index is 626. The number of carbonyl (C=O) groups is 1. The normalized spacial score (nSPS) is 11.9. The van der Waals surface area contributed by atoms with Gasteiger partial charge >= 0.3 is 6.09 Å². The Kier molecular flexibility index (Phi) is 5.55. The first-order valence-electron chi connectivity index (χ1n) is 6.02. The molecule has 1 unspecified atom stereocenters. The summed E-state index contributed by atoms with van der Waals surface area (Å²) in [6.07, 6.45) is 1.57. The molecule has 1 aromatic rings. The number of hydrogen-bond donors (Lipinski definition) is 1. The number of carbonyl (C=O) groups excluding carboxylic acids is 1. The fourth-order valence-corrected chi connectivity index (χ4v) is 2.22. The zero-order chi connectivity index (χ0) is 15.2. The fourth-order valence-electron chi connectivity index (χ4n) is 1.34. The van der Waals surface area contributed by atoms with Crippen molar-refractivity contribution < 1.29 is 17.9 Å². The van der Waals surface area contributed by atoms with E-state index in [1.165, 1.54) is 18.2 Å². The Hall–Kier alpha value is -2.04. The van der Waals surface area contributed by atoms with Crippen LogP contribution in [0.2, 0.25) is 0 Å². The number of rotatable bonds is 4. The van der Waals surface area contributed by atoms with E-state index in [9.17, 15) is 13.2 Å². The van der Waals surface area contributed by atoms with Crippen molar-refractivity contribution in [3.63, 3.8) is 0 Å². The molecule has 1 rings (SSSR count). The van der Waals surface area contributed by atoms with E-state index in [2.05, 4.69) is 5.73 Å². The summed E-state index contributed by atoms with van der Waals surface area (Å²) in [7, 11) is -3.91. The highest BCUT2D eigenvalue weighted by Gasteiger charge is 2.19. The van der Waals surface area contributed by atoms with Crippen molar-refractivity contribution >= 4 is 16.1 Å². The maximum Gasteiger partial charge on any atom is 0.421 e. The van der Waals surface area contributed by atoms with Crippen molar-refractivity contribution in [3.8, 4) is 0 Å². The molecule has 0 spiro atoms. The van der Waals surface area contributed by atoms with Crippen LogP contribution in [0, 0.1) is 6.92 Å². The summed E-state index contributed by atoms with van der Waals surface area (Å²) in [5, 5.41) is 0. The number of aryl methyl sites for hydroxylation is 1. The van der Waals surface area contributed by atoms with Gasteiger partial charge in [0.05, 0.1) is 4.90 Å². The minimum Gasteiger partial charge on any atom is -0.441 e. The van der Waals surface area contributed by atoms with Crippen LogP contribution in [0.4, 0.5) is 4.79 Å². The zero-order valence-corrected chi connectivity index (χ0v) is 12.4. The Morgan fingerprint density at radius 2 is 1.95 bits per heavy atom. The van der Waals surface area contributed by atoms with E-state index in [-0.39, 0.29) is 4.90 Å². The lowest BCUT2D eigenvalue weighted by Crippen LogP contribution is -2.32. The first-order valence-corrected chi connectivity index (χ1v) is 7.51. The smallest absolute Gasteiger partial charge is 0.421 e. The monoisotopic (exact) mass is 295 g/mol. The molecule has 0 aliphatic carbocycles.